The summed E-state index contributed by atoms with van der Waals surface area (Å²) in [6, 6.07) is 16.4. The number of ether oxygens (including phenoxy) is 3. The summed E-state index contributed by atoms with van der Waals surface area (Å²) in [4.78, 5) is 11.5. The molecule has 1 fully saturated rings. The van der Waals surface area contributed by atoms with Crippen LogP contribution in [0.15, 0.2) is 54.7 Å². The van der Waals surface area contributed by atoms with Gasteiger partial charge in [-0.2, -0.15) is 0 Å². The molecule has 1 aromatic heterocycles. The van der Waals surface area contributed by atoms with Gasteiger partial charge in [0.25, 0.3) is 0 Å². The van der Waals surface area contributed by atoms with Crippen LogP contribution in [0.3, 0.4) is 0 Å². The van der Waals surface area contributed by atoms with Crippen LogP contribution in [0.4, 0.5) is 17.3 Å². The number of nitrogens with zero attached hydrogens (tertiary/aromatic N) is 3. The maximum absolute atomic E-state index is 6.17. The van der Waals surface area contributed by atoms with Crippen molar-refractivity contribution in [2.45, 2.75) is 12.5 Å². The van der Waals surface area contributed by atoms with Crippen LogP contribution in [-0.4, -0.2) is 62.6 Å². The van der Waals surface area contributed by atoms with Gasteiger partial charge in [0.05, 0.1) is 24.6 Å². The Bertz CT molecular complexity index is 1090. The minimum atomic E-state index is 0.460. The van der Waals surface area contributed by atoms with E-state index in [1.165, 1.54) is 0 Å². The molecule has 8 nitrogen and oxygen atoms in total. The third kappa shape index (κ3) is 5.18. The first kappa shape index (κ1) is 21.5. The molecule has 2 aliphatic rings. The zero-order valence-corrected chi connectivity index (χ0v) is 18.8. The maximum Gasteiger partial charge on any atom is 0.227 e. The fourth-order valence-corrected chi connectivity index (χ4v) is 4.17. The molecule has 1 saturated heterocycles. The molecule has 33 heavy (non-hydrogen) atoms. The van der Waals surface area contributed by atoms with Crippen molar-refractivity contribution < 1.29 is 14.2 Å². The molecular formula is C25H29N5O3. The highest BCUT2D eigenvalue weighted by Crippen LogP contribution is 2.34. The molecule has 2 aliphatic heterocycles. The number of likely N-dealkylation sites (N-methyl/N-ethyl adjacent to an activating group) is 1. The first-order chi connectivity index (χ1) is 16.3. The Kier molecular flexibility index (Phi) is 6.55. The lowest BCUT2D eigenvalue weighted by Crippen LogP contribution is -2.29. The van der Waals surface area contributed by atoms with Crippen molar-refractivity contribution in [2.24, 2.45) is 0 Å². The second-order valence-electron chi connectivity index (χ2n) is 8.13. The molecule has 0 saturated carbocycles. The first-order valence-corrected chi connectivity index (χ1v) is 11.4. The third-order valence-electron chi connectivity index (χ3n) is 5.92. The van der Waals surface area contributed by atoms with E-state index in [1.54, 1.807) is 6.20 Å². The molecule has 2 N–H and O–H groups in total. The lowest BCUT2D eigenvalue weighted by molar-refractivity contribution is 0.0765. The van der Waals surface area contributed by atoms with Gasteiger partial charge in [-0.15, -0.1) is 0 Å². The van der Waals surface area contributed by atoms with E-state index in [-0.39, 0.29) is 0 Å². The lowest BCUT2D eigenvalue weighted by Gasteiger charge is -2.23. The van der Waals surface area contributed by atoms with Gasteiger partial charge in [-0.3, -0.25) is 0 Å². The molecule has 1 atom stereocenters. The van der Waals surface area contributed by atoms with Crippen LogP contribution in [0.25, 0.3) is 11.3 Å². The van der Waals surface area contributed by atoms with Gasteiger partial charge in [-0.25, -0.2) is 9.97 Å². The van der Waals surface area contributed by atoms with Gasteiger partial charge in [-0.1, -0.05) is 12.1 Å². The zero-order chi connectivity index (χ0) is 22.5. The summed E-state index contributed by atoms with van der Waals surface area (Å²) in [5.41, 5.74) is 3.75. The highest BCUT2D eigenvalue weighted by molar-refractivity contribution is 5.69. The largest absolute Gasteiger partial charge is 0.491 e. The molecule has 8 heteroatoms. The summed E-state index contributed by atoms with van der Waals surface area (Å²) in [5.74, 6) is 2.14. The monoisotopic (exact) mass is 447 g/mol. The summed E-state index contributed by atoms with van der Waals surface area (Å²) in [5, 5.41) is 6.70. The summed E-state index contributed by atoms with van der Waals surface area (Å²) in [7, 11) is 2.01. The summed E-state index contributed by atoms with van der Waals surface area (Å²) < 4.78 is 17.7. The summed E-state index contributed by atoms with van der Waals surface area (Å²) >= 11 is 0. The van der Waals surface area contributed by atoms with Gasteiger partial charge >= 0.3 is 0 Å². The summed E-state index contributed by atoms with van der Waals surface area (Å²) in [6.07, 6.45) is 2.87. The van der Waals surface area contributed by atoms with E-state index < -0.39 is 0 Å². The van der Waals surface area contributed by atoms with Gasteiger partial charge in [0.15, 0.2) is 0 Å². The standard InChI is InChI=1S/C25H29N5O3/c1-26-20-8-10-30(17-20)23-6-5-19-16-24(23)33-14-12-31-11-13-32-21-4-2-3-18(15-21)22-7-9-27-25(28-19)29-22/h2-7,9,15-16,20,26H,8,10-14,17H2,1H3,(H,27,28,29). The molecule has 172 valence electrons. The van der Waals surface area contributed by atoms with E-state index in [0.29, 0.717) is 38.4 Å². The van der Waals surface area contributed by atoms with Gasteiger partial charge in [0.1, 0.15) is 24.7 Å². The normalized spacial score (nSPS) is 18.6. The quantitative estimate of drug-likeness (QED) is 0.618. The number of hydrogen-bond acceptors (Lipinski definition) is 8. The Morgan fingerprint density at radius 3 is 2.82 bits per heavy atom. The highest BCUT2D eigenvalue weighted by Gasteiger charge is 2.24. The van der Waals surface area contributed by atoms with Crippen molar-refractivity contribution in [3.05, 3.63) is 54.7 Å². The van der Waals surface area contributed by atoms with E-state index in [0.717, 1.165) is 53.6 Å². The minimum absolute atomic E-state index is 0.460. The molecule has 5 rings (SSSR count). The fraction of sp³-hybridized carbons (Fsp3) is 0.360. The van der Waals surface area contributed by atoms with Gasteiger partial charge in [0.2, 0.25) is 5.95 Å². The average molecular weight is 448 g/mol. The second kappa shape index (κ2) is 10.1. The molecule has 0 spiro atoms. The van der Waals surface area contributed by atoms with Gasteiger partial charge in [-0.05, 0) is 43.8 Å². The predicted molar refractivity (Wildman–Crippen MR) is 129 cm³/mol. The number of hydrogen-bond donors (Lipinski definition) is 2. The van der Waals surface area contributed by atoms with Crippen molar-refractivity contribution in [3.8, 4) is 22.8 Å². The third-order valence-corrected chi connectivity index (χ3v) is 5.92. The number of benzene rings is 2. The molecular weight excluding hydrogens is 418 g/mol. The predicted octanol–water partition coefficient (Wildman–Crippen LogP) is 3.47. The van der Waals surface area contributed by atoms with Crippen LogP contribution in [0, 0.1) is 0 Å². The second-order valence-corrected chi connectivity index (χ2v) is 8.13. The Morgan fingerprint density at radius 1 is 1.03 bits per heavy atom. The Balaban J connectivity index is 1.45. The molecule has 3 heterocycles. The smallest absolute Gasteiger partial charge is 0.227 e. The topological polar surface area (TPSA) is 80.8 Å². The minimum Gasteiger partial charge on any atom is -0.491 e. The lowest BCUT2D eigenvalue weighted by atomic mass is 10.1. The molecule has 3 aromatic rings. The Hall–Kier alpha value is -3.36. The molecule has 0 radical (unpaired) electrons. The van der Waals surface area contributed by atoms with Crippen molar-refractivity contribution in [2.75, 3.05) is 56.8 Å². The van der Waals surface area contributed by atoms with Crippen LogP contribution < -0.4 is 25.0 Å². The molecule has 1 unspecified atom stereocenters. The molecule has 0 aliphatic carbocycles. The number of aromatic nitrogens is 2. The van der Waals surface area contributed by atoms with Crippen LogP contribution in [0.1, 0.15) is 6.42 Å². The fourth-order valence-electron chi connectivity index (χ4n) is 4.17. The van der Waals surface area contributed by atoms with Crippen LogP contribution in [0.5, 0.6) is 11.5 Å². The van der Waals surface area contributed by atoms with E-state index in [2.05, 4.69) is 26.6 Å². The van der Waals surface area contributed by atoms with E-state index in [9.17, 15) is 0 Å². The SMILES string of the molecule is CNC1CCN(c2ccc3cc2OCCOCCOc2cccc(c2)-c2ccnc(n2)N3)C1. The zero-order valence-electron chi connectivity index (χ0n) is 18.8. The molecule has 6 bridgehead atoms. The van der Waals surface area contributed by atoms with Crippen LogP contribution in [-0.2, 0) is 4.74 Å². The van der Waals surface area contributed by atoms with E-state index in [1.807, 2.05) is 49.5 Å². The number of anilines is 3. The number of fused-ring (bicyclic) bond motifs is 7. The van der Waals surface area contributed by atoms with E-state index >= 15 is 0 Å². The van der Waals surface area contributed by atoms with Crippen molar-refractivity contribution in [1.29, 1.82) is 0 Å². The molecule has 2 aromatic carbocycles. The van der Waals surface area contributed by atoms with Gasteiger partial charge < -0.3 is 29.7 Å². The average Bonchev–Trinajstić information content (AvgIpc) is 3.33. The number of rotatable bonds is 2. The van der Waals surface area contributed by atoms with E-state index in [4.69, 9.17) is 19.2 Å². The van der Waals surface area contributed by atoms with Crippen molar-refractivity contribution in [1.82, 2.24) is 15.3 Å². The Labute approximate surface area is 193 Å². The van der Waals surface area contributed by atoms with Gasteiger partial charge in [0, 0.05) is 42.6 Å². The summed E-state index contributed by atoms with van der Waals surface area (Å²) in [6.45, 7) is 3.86. The highest BCUT2D eigenvalue weighted by atomic mass is 16.5. The van der Waals surface area contributed by atoms with Crippen molar-refractivity contribution in [3.63, 3.8) is 0 Å². The number of nitrogens with one attached hydrogen (secondary N) is 2. The van der Waals surface area contributed by atoms with Crippen LogP contribution in [0.2, 0.25) is 0 Å². The molecule has 0 amide bonds. The van der Waals surface area contributed by atoms with Crippen LogP contribution >= 0.6 is 0 Å². The maximum atomic E-state index is 6.17. The first-order valence-electron chi connectivity index (χ1n) is 11.4. The Morgan fingerprint density at radius 2 is 1.94 bits per heavy atom. The van der Waals surface area contributed by atoms with Crippen molar-refractivity contribution >= 4 is 17.3 Å².